The van der Waals surface area contributed by atoms with Gasteiger partial charge in [0.25, 0.3) is 0 Å². The Labute approximate surface area is 211 Å². The number of benzene rings is 2. The average Bonchev–Trinajstić information content (AvgIpc) is 3.44. The number of anilines is 1. The zero-order valence-electron chi connectivity index (χ0n) is 19.5. The zero-order valence-corrected chi connectivity index (χ0v) is 20.4. The highest BCUT2D eigenvalue weighted by Crippen LogP contribution is 2.36. The van der Waals surface area contributed by atoms with Crippen LogP contribution in [0, 0.1) is 0 Å². The van der Waals surface area contributed by atoms with Crippen molar-refractivity contribution >= 4 is 24.6 Å². The van der Waals surface area contributed by atoms with Crippen LogP contribution in [0.25, 0.3) is 22.6 Å². The quantitative estimate of drug-likeness (QED) is 0.201. The number of nitrogens with zero attached hydrogens (tertiary/aromatic N) is 4. The predicted molar refractivity (Wildman–Crippen MR) is 133 cm³/mol. The second-order valence-corrected chi connectivity index (χ2v) is 10.2. The summed E-state index contributed by atoms with van der Waals surface area (Å²) in [5, 5.41) is 24.5. The number of hydrogen-bond donors (Lipinski definition) is 5. The second-order valence-electron chi connectivity index (χ2n) is 8.64. The molecule has 5 rings (SSSR count). The molecule has 0 radical (unpaired) electrons. The Kier molecular flexibility index (Phi) is 7.31. The molecule has 0 unspecified atom stereocenters. The van der Waals surface area contributed by atoms with Crippen LogP contribution < -0.4 is 5.32 Å². The van der Waals surface area contributed by atoms with Crippen molar-refractivity contribution in [2.45, 2.75) is 31.1 Å². The lowest BCUT2D eigenvalue weighted by Crippen LogP contribution is -2.33. The van der Waals surface area contributed by atoms with Gasteiger partial charge in [-0.3, -0.25) is 9.13 Å². The summed E-state index contributed by atoms with van der Waals surface area (Å²) in [5.41, 5.74) is 2.64. The van der Waals surface area contributed by atoms with Crippen molar-refractivity contribution in [3.63, 3.8) is 0 Å². The van der Waals surface area contributed by atoms with Gasteiger partial charge in [-0.1, -0.05) is 60.7 Å². The normalized spacial score (nSPS) is 21.9. The van der Waals surface area contributed by atoms with Gasteiger partial charge in [-0.15, -0.1) is 0 Å². The summed E-state index contributed by atoms with van der Waals surface area (Å²) in [7, 11) is -4.38. The highest BCUT2D eigenvalue weighted by atomic mass is 31.2. The molecule has 12 nitrogen and oxygen atoms in total. The largest absolute Gasteiger partial charge is 0.387 e. The van der Waals surface area contributed by atoms with Crippen LogP contribution in [0.3, 0.4) is 0 Å². The molecule has 1 fully saturated rings. The van der Waals surface area contributed by atoms with Gasteiger partial charge in [-0.2, -0.15) is 0 Å². The van der Waals surface area contributed by atoms with Crippen molar-refractivity contribution in [2.24, 2.45) is 0 Å². The van der Waals surface area contributed by atoms with Gasteiger partial charge in [0.05, 0.1) is 12.9 Å². The Morgan fingerprint density at radius 3 is 2.41 bits per heavy atom. The van der Waals surface area contributed by atoms with Crippen LogP contribution >= 0.6 is 7.60 Å². The first-order valence-electron chi connectivity index (χ1n) is 11.5. The number of aromatic nitrogens is 4. The van der Waals surface area contributed by atoms with E-state index in [4.69, 9.17) is 24.2 Å². The lowest BCUT2D eigenvalue weighted by molar-refractivity contribution is -0.0612. The number of aliphatic hydroxyl groups excluding tert-OH is 2. The van der Waals surface area contributed by atoms with E-state index in [0.717, 1.165) is 11.1 Å². The van der Waals surface area contributed by atoms with Crippen molar-refractivity contribution in [1.82, 2.24) is 19.5 Å². The summed E-state index contributed by atoms with van der Waals surface area (Å²) < 4.78 is 23.4. The molecule has 194 valence electrons. The zero-order chi connectivity index (χ0) is 26.0. The van der Waals surface area contributed by atoms with Crippen LogP contribution in [-0.4, -0.2) is 70.8 Å². The summed E-state index contributed by atoms with van der Waals surface area (Å²) in [5.74, 6) is 0.918. The molecule has 1 saturated heterocycles. The fraction of sp³-hybridized carbons (Fsp3) is 0.292. The number of fused-ring (bicyclic) bond motifs is 1. The summed E-state index contributed by atoms with van der Waals surface area (Å²) in [4.78, 5) is 31.8. The lowest BCUT2D eigenvalue weighted by Gasteiger charge is -2.17. The van der Waals surface area contributed by atoms with E-state index in [-0.39, 0.29) is 6.61 Å². The monoisotopic (exact) mass is 527 g/mol. The minimum atomic E-state index is -4.38. The maximum Gasteiger partial charge on any atom is 0.350 e. The van der Waals surface area contributed by atoms with Gasteiger partial charge in [-0.05, 0) is 5.56 Å². The summed E-state index contributed by atoms with van der Waals surface area (Å²) >= 11 is 0. The minimum Gasteiger partial charge on any atom is -0.387 e. The Balaban J connectivity index is 1.47. The van der Waals surface area contributed by atoms with Gasteiger partial charge in [0.15, 0.2) is 29.0 Å². The third-order valence-electron chi connectivity index (χ3n) is 5.91. The molecule has 1 aliphatic heterocycles. The van der Waals surface area contributed by atoms with E-state index in [1.54, 1.807) is 0 Å². The number of rotatable bonds is 9. The highest BCUT2D eigenvalue weighted by Gasteiger charge is 2.44. The number of nitrogens with one attached hydrogen (secondary N) is 1. The minimum absolute atomic E-state index is 0.319. The summed E-state index contributed by atoms with van der Waals surface area (Å²) in [6.07, 6.45) is -4.18. The van der Waals surface area contributed by atoms with E-state index >= 15 is 0 Å². The van der Waals surface area contributed by atoms with Gasteiger partial charge in [-0.25, -0.2) is 15.0 Å². The van der Waals surface area contributed by atoms with Gasteiger partial charge in [0, 0.05) is 12.1 Å². The first-order chi connectivity index (χ1) is 17.8. The van der Waals surface area contributed by atoms with Crippen molar-refractivity contribution < 1.29 is 34.0 Å². The topological polar surface area (TPSA) is 172 Å². The molecular formula is C24H26N5O7P. The SMILES string of the molecule is O=P(O)(O)COC[C@H]1O[C@@H](n2cnc3c(NCc4ccccc4)nc(-c4ccccc4)nc32)[C@H](O)[C@@H]1O. The molecule has 0 saturated carbocycles. The third-order valence-corrected chi connectivity index (χ3v) is 6.43. The van der Waals surface area contributed by atoms with E-state index in [1.807, 2.05) is 60.7 Å². The summed E-state index contributed by atoms with van der Waals surface area (Å²) in [6, 6.07) is 19.2. The van der Waals surface area contributed by atoms with Crippen LogP contribution in [0.15, 0.2) is 67.0 Å². The third kappa shape index (κ3) is 5.71. The summed E-state index contributed by atoms with van der Waals surface area (Å²) in [6.45, 7) is 0.175. The van der Waals surface area contributed by atoms with E-state index in [0.29, 0.717) is 29.4 Å². The Bertz CT molecular complexity index is 1400. The predicted octanol–water partition coefficient (Wildman–Crippen LogP) is 1.88. The van der Waals surface area contributed by atoms with Crippen molar-refractivity contribution in [3.05, 3.63) is 72.6 Å². The molecule has 2 aromatic carbocycles. The second kappa shape index (κ2) is 10.6. The van der Waals surface area contributed by atoms with Crippen LogP contribution in [0.5, 0.6) is 0 Å². The molecule has 37 heavy (non-hydrogen) atoms. The van der Waals surface area contributed by atoms with Crippen molar-refractivity contribution in [2.75, 3.05) is 18.3 Å². The van der Waals surface area contributed by atoms with Crippen LogP contribution in [-0.2, 0) is 20.6 Å². The molecule has 5 N–H and O–H groups in total. The Morgan fingerprint density at radius 1 is 1.00 bits per heavy atom. The van der Waals surface area contributed by atoms with E-state index in [9.17, 15) is 14.8 Å². The Hall–Kier alpha value is -3.22. The van der Waals surface area contributed by atoms with Gasteiger partial charge in [0.1, 0.15) is 24.7 Å². The maximum absolute atomic E-state index is 11.1. The first-order valence-corrected chi connectivity index (χ1v) is 13.3. The first kappa shape index (κ1) is 25.4. The number of hydrogen-bond acceptors (Lipinski definition) is 9. The van der Waals surface area contributed by atoms with E-state index in [1.165, 1.54) is 10.9 Å². The standard InChI is InChI=1S/C24H26N5O7P/c30-19-17(12-35-14-37(32,33)34)36-24(20(19)31)29-13-26-18-22(25-11-15-7-3-1-4-8-15)27-21(28-23(18)29)16-9-5-2-6-10-16/h1-10,13,17,19-20,24,30-31H,11-12,14H2,(H,25,27,28)(H2,32,33,34)/t17-,19-,20-,24-/m1/s1. The van der Waals surface area contributed by atoms with Crippen LogP contribution in [0.1, 0.15) is 11.8 Å². The van der Waals surface area contributed by atoms with Crippen molar-refractivity contribution in [3.8, 4) is 11.4 Å². The molecule has 3 heterocycles. The number of ether oxygens (including phenoxy) is 2. The maximum atomic E-state index is 11.1. The lowest BCUT2D eigenvalue weighted by atomic mass is 10.1. The molecular weight excluding hydrogens is 501 g/mol. The molecule has 0 amide bonds. The fourth-order valence-corrected chi connectivity index (χ4v) is 4.45. The van der Waals surface area contributed by atoms with E-state index < -0.39 is 38.5 Å². The van der Waals surface area contributed by atoms with Crippen LogP contribution in [0.4, 0.5) is 5.82 Å². The van der Waals surface area contributed by atoms with Crippen molar-refractivity contribution in [1.29, 1.82) is 0 Å². The Morgan fingerprint density at radius 2 is 1.70 bits per heavy atom. The fourth-order valence-electron chi connectivity index (χ4n) is 4.11. The number of aliphatic hydroxyl groups is 2. The number of imidazole rings is 1. The van der Waals surface area contributed by atoms with Crippen LogP contribution in [0.2, 0.25) is 0 Å². The molecule has 4 atom stereocenters. The van der Waals surface area contributed by atoms with E-state index in [2.05, 4.69) is 15.3 Å². The van der Waals surface area contributed by atoms with Gasteiger partial charge < -0.3 is 34.8 Å². The van der Waals surface area contributed by atoms with Gasteiger partial charge in [0.2, 0.25) is 0 Å². The smallest absolute Gasteiger partial charge is 0.350 e. The average molecular weight is 527 g/mol. The van der Waals surface area contributed by atoms with Gasteiger partial charge >= 0.3 is 7.60 Å². The molecule has 0 bridgehead atoms. The molecule has 1 aliphatic rings. The molecule has 0 spiro atoms. The molecule has 4 aromatic rings. The molecule has 2 aromatic heterocycles. The highest BCUT2D eigenvalue weighted by molar-refractivity contribution is 7.51. The molecule has 13 heteroatoms. The molecule has 0 aliphatic carbocycles.